The van der Waals surface area contributed by atoms with Crippen molar-refractivity contribution in [3.63, 3.8) is 0 Å². The van der Waals surface area contributed by atoms with E-state index in [1.165, 1.54) is 12.1 Å². The van der Waals surface area contributed by atoms with Crippen molar-refractivity contribution >= 4 is 34.7 Å². The van der Waals surface area contributed by atoms with E-state index in [9.17, 15) is 4.39 Å². The number of halogens is 4. The summed E-state index contributed by atoms with van der Waals surface area (Å²) in [7, 11) is 0. The Morgan fingerprint density at radius 2 is 1.55 bits per heavy atom. The number of rotatable bonds is 0. The predicted molar refractivity (Wildman–Crippen MR) is 37.2 cm³/mol. The van der Waals surface area contributed by atoms with Gasteiger partial charge in [-0.2, -0.15) is 0 Å². The number of benzene rings is 1. The Bertz CT molecular complexity index is 174. The van der Waals surface area contributed by atoms with Crippen LogP contribution in [0.2, 0.25) is 5.02 Å². The minimum atomic E-state index is -0.367. The SMILES string of the molecule is Fc1ccccc1Cl.[Cl-].[Cl-].[Mg+2]. The van der Waals surface area contributed by atoms with Gasteiger partial charge in [-0.1, -0.05) is 23.7 Å². The van der Waals surface area contributed by atoms with Gasteiger partial charge in [-0.3, -0.25) is 0 Å². The van der Waals surface area contributed by atoms with Crippen LogP contribution in [0, 0.1) is 5.82 Å². The average molecular weight is 226 g/mol. The first-order valence-corrected chi connectivity index (χ1v) is 2.58. The van der Waals surface area contributed by atoms with E-state index in [1.54, 1.807) is 12.1 Å². The van der Waals surface area contributed by atoms with E-state index in [4.69, 9.17) is 11.6 Å². The van der Waals surface area contributed by atoms with Crippen molar-refractivity contribution in [1.29, 1.82) is 0 Å². The van der Waals surface area contributed by atoms with E-state index in [0.717, 1.165) is 0 Å². The summed E-state index contributed by atoms with van der Waals surface area (Å²) in [6.07, 6.45) is 0. The zero-order valence-corrected chi connectivity index (χ0v) is 9.21. The zero-order chi connectivity index (χ0) is 5.98. The number of hydrogen-bond acceptors (Lipinski definition) is 0. The van der Waals surface area contributed by atoms with Gasteiger partial charge in [0.1, 0.15) is 5.82 Å². The topological polar surface area (TPSA) is 0 Å². The third-order valence-corrected chi connectivity index (χ3v) is 1.13. The van der Waals surface area contributed by atoms with Gasteiger partial charge in [0.05, 0.1) is 5.02 Å². The molecule has 0 bridgehead atoms. The van der Waals surface area contributed by atoms with Crippen molar-refractivity contribution in [3.05, 3.63) is 35.1 Å². The molecule has 0 amide bonds. The molecule has 11 heavy (non-hydrogen) atoms. The molecule has 1 aromatic rings. The van der Waals surface area contributed by atoms with Crippen molar-refractivity contribution in [3.8, 4) is 0 Å². The quantitative estimate of drug-likeness (QED) is 0.397. The van der Waals surface area contributed by atoms with Crippen LogP contribution in [0.25, 0.3) is 0 Å². The molecule has 0 N–H and O–H groups in total. The Balaban J connectivity index is -0.000000213. The molecule has 0 heterocycles. The second-order valence-corrected chi connectivity index (χ2v) is 1.82. The summed E-state index contributed by atoms with van der Waals surface area (Å²) in [6.45, 7) is 0. The molecule has 0 nitrogen and oxygen atoms in total. The first kappa shape index (κ1) is 17.8. The van der Waals surface area contributed by atoms with Crippen LogP contribution in [0.4, 0.5) is 4.39 Å². The molecule has 5 heteroatoms. The van der Waals surface area contributed by atoms with E-state index in [-0.39, 0.29) is 58.7 Å². The molecule has 1 aromatic carbocycles. The molecule has 0 unspecified atom stereocenters. The van der Waals surface area contributed by atoms with Gasteiger partial charge in [0.2, 0.25) is 0 Å². The van der Waals surface area contributed by atoms with Gasteiger partial charge in [-0.25, -0.2) is 4.39 Å². The summed E-state index contributed by atoms with van der Waals surface area (Å²) in [4.78, 5) is 0. The Labute approximate surface area is 98.5 Å². The maximum absolute atomic E-state index is 12.2. The van der Waals surface area contributed by atoms with Crippen LogP contribution in [0.3, 0.4) is 0 Å². The van der Waals surface area contributed by atoms with Gasteiger partial charge in [-0.15, -0.1) is 0 Å². The molecule has 0 aliphatic heterocycles. The summed E-state index contributed by atoms with van der Waals surface area (Å²) in [5, 5.41) is 0.174. The first-order chi connectivity index (χ1) is 3.80. The monoisotopic (exact) mass is 224 g/mol. The van der Waals surface area contributed by atoms with Crippen LogP contribution in [-0.4, -0.2) is 23.1 Å². The Morgan fingerprint density at radius 3 is 1.82 bits per heavy atom. The molecule has 58 valence electrons. The molecule has 0 aliphatic rings. The molecule has 0 aromatic heterocycles. The molecule has 0 saturated carbocycles. The Kier molecular flexibility index (Phi) is 14.3. The summed E-state index contributed by atoms with van der Waals surface area (Å²) in [5.41, 5.74) is 0. The Hall–Kier alpha value is 0.786. The standard InChI is InChI=1S/C6H4ClF.2ClH.Mg/c7-5-3-1-2-4-6(5)8;;;/h1-4H;2*1H;/q;;;+2/p-2. The molecule has 0 spiro atoms. The number of hydrogen-bond donors (Lipinski definition) is 0. The second-order valence-electron chi connectivity index (χ2n) is 1.41. The summed E-state index contributed by atoms with van der Waals surface area (Å²) in [6, 6.07) is 6.12. The van der Waals surface area contributed by atoms with Gasteiger partial charge >= 0.3 is 23.1 Å². The van der Waals surface area contributed by atoms with Gasteiger partial charge < -0.3 is 24.8 Å². The van der Waals surface area contributed by atoms with Crippen LogP contribution in [0.15, 0.2) is 24.3 Å². The summed E-state index contributed by atoms with van der Waals surface area (Å²) >= 11 is 5.33. The Morgan fingerprint density at radius 1 is 1.09 bits per heavy atom. The fourth-order valence-corrected chi connectivity index (χ4v) is 0.575. The predicted octanol–water partition coefficient (Wildman–Crippen LogP) is -3.89. The van der Waals surface area contributed by atoms with Crippen molar-refractivity contribution in [2.75, 3.05) is 0 Å². The van der Waals surface area contributed by atoms with Crippen molar-refractivity contribution in [2.45, 2.75) is 0 Å². The van der Waals surface area contributed by atoms with Gasteiger partial charge in [0.15, 0.2) is 0 Å². The van der Waals surface area contributed by atoms with Crippen molar-refractivity contribution in [1.82, 2.24) is 0 Å². The van der Waals surface area contributed by atoms with E-state index in [1.807, 2.05) is 0 Å². The molecule has 1 rings (SSSR count). The first-order valence-electron chi connectivity index (χ1n) is 2.21. The zero-order valence-electron chi connectivity index (χ0n) is 5.53. The van der Waals surface area contributed by atoms with Crippen LogP contribution in [-0.2, 0) is 0 Å². The van der Waals surface area contributed by atoms with Gasteiger partial charge in [-0.05, 0) is 12.1 Å². The van der Waals surface area contributed by atoms with Gasteiger partial charge in [0, 0.05) is 0 Å². The molecular weight excluding hydrogens is 222 g/mol. The molecule has 0 saturated heterocycles. The van der Waals surface area contributed by atoms with Crippen LogP contribution >= 0.6 is 11.6 Å². The fraction of sp³-hybridized carbons (Fsp3) is 0. The smallest absolute Gasteiger partial charge is 1.00 e. The third-order valence-electron chi connectivity index (χ3n) is 0.824. The molecule has 0 fully saturated rings. The molecule has 0 radical (unpaired) electrons. The summed E-state index contributed by atoms with van der Waals surface area (Å²) < 4.78 is 12.2. The molecular formula is C6H4Cl3FMg. The average Bonchev–Trinajstić information content (AvgIpc) is 1.77. The van der Waals surface area contributed by atoms with E-state index in [2.05, 4.69) is 0 Å². The summed E-state index contributed by atoms with van der Waals surface area (Å²) in [5.74, 6) is -0.367. The second kappa shape index (κ2) is 8.88. The van der Waals surface area contributed by atoms with Crippen LogP contribution < -0.4 is 24.8 Å². The molecule has 0 atom stereocenters. The maximum Gasteiger partial charge on any atom is 2.00 e. The van der Waals surface area contributed by atoms with Gasteiger partial charge in [0.25, 0.3) is 0 Å². The largest absolute Gasteiger partial charge is 2.00 e. The minimum Gasteiger partial charge on any atom is -1.00 e. The van der Waals surface area contributed by atoms with E-state index < -0.39 is 0 Å². The van der Waals surface area contributed by atoms with Crippen molar-refractivity contribution in [2.24, 2.45) is 0 Å². The van der Waals surface area contributed by atoms with E-state index in [0.29, 0.717) is 0 Å². The normalized spacial score (nSPS) is 6.73. The third kappa shape index (κ3) is 5.99. The fourth-order valence-electron chi connectivity index (χ4n) is 0.439. The van der Waals surface area contributed by atoms with Crippen LogP contribution in [0.1, 0.15) is 0 Å². The van der Waals surface area contributed by atoms with Crippen LogP contribution in [0.5, 0.6) is 0 Å². The van der Waals surface area contributed by atoms with Crippen molar-refractivity contribution < 1.29 is 29.2 Å². The minimum absolute atomic E-state index is 0. The van der Waals surface area contributed by atoms with E-state index >= 15 is 0 Å². The molecule has 0 aliphatic carbocycles. The maximum atomic E-state index is 12.2.